The van der Waals surface area contributed by atoms with E-state index in [2.05, 4.69) is 12.2 Å². The maximum absolute atomic E-state index is 12.1. The van der Waals surface area contributed by atoms with E-state index in [1.165, 1.54) is 32.1 Å². The highest BCUT2D eigenvalue weighted by Gasteiger charge is 2.27. The second-order valence-electron chi connectivity index (χ2n) is 8.80. The molecule has 5 nitrogen and oxygen atoms in total. The maximum Gasteiger partial charge on any atom is 0.410 e. The third kappa shape index (κ3) is 7.95. The third-order valence-corrected chi connectivity index (χ3v) is 5.24. The second kappa shape index (κ2) is 9.77. The molecule has 0 aromatic rings. The topological polar surface area (TPSA) is 50.8 Å². The quantitative estimate of drug-likeness (QED) is 0.600. The van der Waals surface area contributed by atoms with Gasteiger partial charge >= 0.3 is 6.09 Å². The summed E-state index contributed by atoms with van der Waals surface area (Å²) in [7, 11) is 0. The number of likely N-dealkylation sites (tertiary alicyclic amines) is 1. The van der Waals surface area contributed by atoms with Crippen molar-refractivity contribution in [2.24, 2.45) is 5.92 Å². The Labute approximate surface area is 153 Å². The molecule has 1 saturated heterocycles. The van der Waals surface area contributed by atoms with E-state index in [1.54, 1.807) is 4.90 Å². The number of carbonyl (C=O) groups is 1. The van der Waals surface area contributed by atoms with Crippen molar-refractivity contribution < 1.29 is 14.3 Å². The highest BCUT2D eigenvalue weighted by Crippen LogP contribution is 2.22. The fourth-order valence-corrected chi connectivity index (χ4v) is 3.71. The number of piperidine rings is 1. The standard InChI is InChI=1S/C20H38N2O3/c1-16-6-5-7-17(9-8-16)21-12-15-24-18-10-13-22(14-11-18)19(23)25-20(2,3)4/h16-18,21H,5-15H2,1-4H3. The SMILES string of the molecule is CC1CCCC(NCCOC2CCN(C(=O)OC(C)(C)C)CC2)CC1. The van der Waals surface area contributed by atoms with E-state index < -0.39 is 5.60 Å². The van der Waals surface area contributed by atoms with Gasteiger partial charge in [0.2, 0.25) is 0 Å². The molecule has 1 aliphatic carbocycles. The molecular formula is C20H38N2O3. The Bertz CT molecular complexity index is 400. The minimum Gasteiger partial charge on any atom is -0.444 e. The van der Waals surface area contributed by atoms with Crippen LogP contribution in [0.3, 0.4) is 0 Å². The Morgan fingerprint density at radius 3 is 2.48 bits per heavy atom. The predicted octanol–water partition coefficient (Wildman–Crippen LogP) is 3.96. The van der Waals surface area contributed by atoms with Gasteiger partial charge in [-0.1, -0.05) is 19.8 Å². The van der Waals surface area contributed by atoms with E-state index in [4.69, 9.17) is 9.47 Å². The van der Waals surface area contributed by atoms with Crippen molar-refractivity contribution in [2.75, 3.05) is 26.2 Å². The zero-order chi connectivity index (χ0) is 18.3. The molecule has 0 bridgehead atoms. The van der Waals surface area contributed by atoms with Crippen LogP contribution in [-0.4, -0.2) is 55.0 Å². The molecule has 0 aromatic carbocycles. The van der Waals surface area contributed by atoms with Gasteiger partial charge in [0.05, 0.1) is 12.7 Å². The van der Waals surface area contributed by atoms with E-state index in [1.807, 2.05) is 20.8 Å². The van der Waals surface area contributed by atoms with Crippen LogP contribution in [0.15, 0.2) is 0 Å². The summed E-state index contributed by atoms with van der Waals surface area (Å²) in [6, 6.07) is 0.669. The number of nitrogens with zero attached hydrogens (tertiary/aromatic N) is 1. The van der Waals surface area contributed by atoms with Crippen molar-refractivity contribution in [1.82, 2.24) is 10.2 Å². The Morgan fingerprint density at radius 1 is 1.08 bits per heavy atom. The lowest BCUT2D eigenvalue weighted by Gasteiger charge is -2.33. The number of carbonyl (C=O) groups excluding carboxylic acids is 1. The highest BCUT2D eigenvalue weighted by atomic mass is 16.6. The Balaban J connectivity index is 1.56. The van der Waals surface area contributed by atoms with Gasteiger partial charge in [-0.2, -0.15) is 0 Å². The lowest BCUT2D eigenvalue weighted by Crippen LogP contribution is -2.43. The van der Waals surface area contributed by atoms with Crippen LogP contribution in [0.4, 0.5) is 4.79 Å². The number of rotatable bonds is 5. The van der Waals surface area contributed by atoms with Gasteiger partial charge in [0, 0.05) is 25.7 Å². The molecule has 1 heterocycles. The van der Waals surface area contributed by atoms with Gasteiger partial charge < -0.3 is 19.7 Å². The van der Waals surface area contributed by atoms with Gasteiger partial charge in [0.25, 0.3) is 0 Å². The van der Waals surface area contributed by atoms with E-state index in [9.17, 15) is 4.79 Å². The highest BCUT2D eigenvalue weighted by molar-refractivity contribution is 5.68. The smallest absolute Gasteiger partial charge is 0.410 e. The first-order chi connectivity index (χ1) is 11.8. The molecule has 0 aromatic heterocycles. The minimum atomic E-state index is -0.425. The van der Waals surface area contributed by atoms with Crippen LogP contribution in [0.2, 0.25) is 0 Å². The van der Waals surface area contributed by atoms with Crippen molar-refractivity contribution in [1.29, 1.82) is 0 Å². The fourth-order valence-electron chi connectivity index (χ4n) is 3.71. The summed E-state index contributed by atoms with van der Waals surface area (Å²) < 4.78 is 11.4. The van der Waals surface area contributed by atoms with Crippen molar-refractivity contribution in [3.63, 3.8) is 0 Å². The fraction of sp³-hybridized carbons (Fsp3) is 0.950. The monoisotopic (exact) mass is 354 g/mol. The molecule has 1 aliphatic heterocycles. The maximum atomic E-state index is 12.1. The molecular weight excluding hydrogens is 316 g/mol. The Kier molecular flexibility index (Phi) is 8.01. The van der Waals surface area contributed by atoms with Gasteiger partial charge in [-0.25, -0.2) is 4.79 Å². The largest absolute Gasteiger partial charge is 0.444 e. The zero-order valence-electron chi connectivity index (χ0n) is 16.7. The van der Waals surface area contributed by atoms with Crippen LogP contribution >= 0.6 is 0 Å². The van der Waals surface area contributed by atoms with E-state index >= 15 is 0 Å². The average molecular weight is 355 g/mol. The summed E-state index contributed by atoms with van der Waals surface area (Å²) >= 11 is 0. The molecule has 5 heteroatoms. The first-order valence-corrected chi connectivity index (χ1v) is 10.2. The summed E-state index contributed by atoms with van der Waals surface area (Å²) in [5.74, 6) is 0.887. The van der Waals surface area contributed by atoms with Crippen LogP contribution in [0, 0.1) is 5.92 Å². The van der Waals surface area contributed by atoms with Crippen LogP contribution in [0.5, 0.6) is 0 Å². The zero-order valence-corrected chi connectivity index (χ0v) is 16.7. The lowest BCUT2D eigenvalue weighted by molar-refractivity contribution is -0.0108. The molecule has 1 saturated carbocycles. The van der Waals surface area contributed by atoms with Crippen molar-refractivity contribution in [2.45, 2.75) is 90.4 Å². The van der Waals surface area contributed by atoms with E-state index in [0.717, 1.165) is 45.0 Å². The summed E-state index contributed by atoms with van der Waals surface area (Å²) in [5.41, 5.74) is -0.425. The molecule has 1 N–H and O–H groups in total. The molecule has 1 amide bonds. The van der Waals surface area contributed by atoms with Crippen LogP contribution in [0.25, 0.3) is 0 Å². The van der Waals surface area contributed by atoms with E-state index in [-0.39, 0.29) is 12.2 Å². The molecule has 2 aliphatic rings. The van der Waals surface area contributed by atoms with Crippen molar-refractivity contribution in [3.8, 4) is 0 Å². The normalized spacial score (nSPS) is 26.3. The van der Waals surface area contributed by atoms with Crippen LogP contribution < -0.4 is 5.32 Å². The van der Waals surface area contributed by atoms with Crippen molar-refractivity contribution >= 4 is 6.09 Å². The molecule has 25 heavy (non-hydrogen) atoms. The van der Waals surface area contributed by atoms with Gasteiger partial charge in [-0.3, -0.25) is 0 Å². The molecule has 0 radical (unpaired) electrons. The van der Waals surface area contributed by atoms with E-state index in [0.29, 0.717) is 6.04 Å². The lowest BCUT2D eigenvalue weighted by atomic mass is 10.0. The Hall–Kier alpha value is -0.810. The summed E-state index contributed by atoms with van der Waals surface area (Å²) in [4.78, 5) is 13.9. The molecule has 2 rings (SSSR count). The molecule has 2 fully saturated rings. The van der Waals surface area contributed by atoms with Gasteiger partial charge in [0.1, 0.15) is 5.60 Å². The minimum absolute atomic E-state index is 0.199. The first kappa shape index (κ1) is 20.5. The third-order valence-electron chi connectivity index (χ3n) is 5.24. The average Bonchev–Trinajstić information content (AvgIpc) is 2.75. The molecule has 2 unspecified atom stereocenters. The van der Waals surface area contributed by atoms with Gasteiger partial charge in [-0.15, -0.1) is 0 Å². The predicted molar refractivity (Wildman–Crippen MR) is 101 cm³/mol. The molecule has 146 valence electrons. The Morgan fingerprint density at radius 2 is 1.80 bits per heavy atom. The molecule has 0 spiro atoms. The van der Waals surface area contributed by atoms with Gasteiger partial charge in [0.15, 0.2) is 0 Å². The number of nitrogens with one attached hydrogen (secondary N) is 1. The second-order valence-corrected chi connectivity index (χ2v) is 8.80. The number of ether oxygens (including phenoxy) is 2. The van der Waals surface area contributed by atoms with Crippen molar-refractivity contribution in [3.05, 3.63) is 0 Å². The number of hydrogen-bond donors (Lipinski definition) is 1. The number of hydrogen-bond acceptors (Lipinski definition) is 4. The van der Waals surface area contributed by atoms with Gasteiger partial charge in [-0.05, 0) is 58.8 Å². The van der Waals surface area contributed by atoms with Crippen LogP contribution in [-0.2, 0) is 9.47 Å². The first-order valence-electron chi connectivity index (χ1n) is 10.2. The summed E-state index contributed by atoms with van der Waals surface area (Å²) in [5, 5.41) is 3.66. The van der Waals surface area contributed by atoms with Crippen LogP contribution in [0.1, 0.15) is 72.6 Å². The summed E-state index contributed by atoms with van der Waals surface area (Å²) in [6.45, 7) is 11.2. The summed E-state index contributed by atoms with van der Waals surface area (Å²) in [6.07, 6.45) is 8.56. The molecule has 2 atom stereocenters. The number of amides is 1.